The van der Waals surface area contributed by atoms with Gasteiger partial charge >= 0.3 is 0 Å². The van der Waals surface area contributed by atoms with Crippen LogP contribution in [0.4, 0.5) is 0 Å². The third kappa shape index (κ3) is 3.67. The molecule has 2 heterocycles. The lowest BCUT2D eigenvalue weighted by Crippen LogP contribution is -2.09. The van der Waals surface area contributed by atoms with Gasteiger partial charge in [-0.25, -0.2) is 4.98 Å². The van der Waals surface area contributed by atoms with Gasteiger partial charge in [-0.1, -0.05) is 18.2 Å². The van der Waals surface area contributed by atoms with Gasteiger partial charge in [0, 0.05) is 25.1 Å². The Hall–Kier alpha value is -2.16. The van der Waals surface area contributed by atoms with Crippen molar-refractivity contribution in [2.24, 2.45) is 4.99 Å². The Bertz CT molecular complexity index is 916. The summed E-state index contributed by atoms with van der Waals surface area (Å²) in [6, 6.07) is 7.95. The molecule has 8 heteroatoms. The number of benzene rings is 1. The molecule has 0 aliphatic carbocycles. The molecular formula is C18H21BrN4O3. The van der Waals surface area contributed by atoms with Crippen LogP contribution >= 0.6 is 15.9 Å². The standard InChI is InChI=1S/C18H21BrN4O3/c1-25-9-7-20-16(17-18(24)23(11-21-17)8-10-26-2)15-14(19)12-5-3-4-6-13(12)22-15/h3-6,11,22,24H,7-10H2,1-2H3. The highest BCUT2D eigenvalue weighted by Gasteiger charge is 2.22. The van der Waals surface area contributed by atoms with Crippen LogP contribution in [0.2, 0.25) is 0 Å². The molecule has 0 unspecified atom stereocenters. The molecule has 2 N–H and O–H groups in total. The highest BCUT2D eigenvalue weighted by atomic mass is 79.9. The van der Waals surface area contributed by atoms with Gasteiger partial charge in [-0.2, -0.15) is 0 Å². The lowest BCUT2D eigenvalue weighted by Gasteiger charge is -2.06. The summed E-state index contributed by atoms with van der Waals surface area (Å²) in [7, 11) is 3.25. The first-order valence-electron chi connectivity index (χ1n) is 8.20. The summed E-state index contributed by atoms with van der Waals surface area (Å²) in [5.74, 6) is 0.0590. The Balaban J connectivity index is 2.07. The first-order valence-corrected chi connectivity index (χ1v) is 9.00. The van der Waals surface area contributed by atoms with Crippen LogP contribution in [-0.2, 0) is 16.0 Å². The predicted octanol–water partition coefficient (Wildman–Crippen LogP) is 2.96. The van der Waals surface area contributed by atoms with Gasteiger partial charge < -0.3 is 19.6 Å². The molecule has 0 spiro atoms. The van der Waals surface area contributed by atoms with E-state index in [1.165, 1.54) is 0 Å². The van der Waals surface area contributed by atoms with E-state index in [0.29, 0.717) is 37.7 Å². The van der Waals surface area contributed by atoms with Crippen molar-refractivity contribution in [2.45, 2.75) is 6.54 Å². The van der Waals surface area contributed by atoms with Crippen LogP contribution in [0.3, 0.4) is 0 Å². The highest BCUT2D eigenvalue weighted by molar-refractivity contribution is 9.10. The number of para-hydroxylation sites is 1. The van der Waals surface area contributed by atoms with E-state index >= 15 is 0 Å². The molecule has 0 saturated carbocycles. The summed E-state index contributed by atoms with van der Waals surface area (Å²) in [5, 5.41) is 11.7. The van der Waals surface area contributed by atoms with E-state index in [-0.39, 0.29) is 5.88 Å². The average Bonchev–Trinajstić information content (AvgIpc) is 3.18. The Morgan fingerprint density at radius 1 is 1.27 bits per heavy atom. The van der Waals surface area contributed by atoms with Crippen LogP contribution in [0.15, 0.2) is 40.1 Å². The number of H-pyrrole nitrogens is 1. The van der Waals surface area contributed by atoms with Crippen LogP contribution in [0.5, 0.6) is 5.88 Å². The van der Waals surface area contributed by atoms with E-state index in [1.807, 2.05) is 24.3 Å². The number of aromatic amines is 1. The number of imidazole rings is 1. The third-order valence-corrected chi connectivity index (χ3v) is 4.84. The SMILES string of the molecule is COCCN=C(c1ncn(CCOC)c1O)c1[nH]c2ccccc2c1Br. The number of fused-ring (bicyclic) bond motifs is 1. The number of nitrogens with one attached hydrogen (secondary N) is 1. The Morgan fingerprint density at radius 3 is 2.77 bits per heavy atom. The molecule has 0 saturated heterocycles. The van der Waals surface area contributed by atoms with Crippen molar-refractivity contribution in [3.8, 4) is 5.88 Å². The van der Waals surface area contributed by atoms with Gasteiger partial charge in [-0.15, -0.1) is 0 Å². The molecule has 138 valence electrons. The zero-order chi connectivity index (χ0) is 18.5. The van der Waals surface area contributed by atoms with Crippen LogP contribution in [0, 0.1) is 0 Å². The summed E-state index contributed by atoms with van der Waals surface area (Å²) in [5.41, 5.74) is 2.75. The Labute approximate surface area is 159 Å². The number of rotatable bonds is 8. The van der Waals surface area contributed by atoms with E-state index in [1.54, 1.807) is 25.1 Å². The van der Waals surface area contributed by atoms with Crippen molar-refractivity contribution in [3.63, 3.8) is 0 Å². The molecule has 0 radical (unpaired) electrons. The fraction of sp³-hybridized carbons (Fsp3) is 0.333. The van der Waals surface area contributed by atoms with E-state index in [2.05, 4.69) is 30.9 Å². The number of methoxy groups -OCH3 is 2. The molecule has 1 aromatic carbocycles. The molecule has 3 aromatic rings. The summed E-state index contributed by atoms with van der Waals surface area (Å²) in [4.78, 5) is 12.4. The fourth-order valence-corrected chi connectivity index (χ4v) is 3.32. The minimum Gasteiger partial charge on any atom is -0.493 e. The lowest BCUT2D eigenvalue weighted by atomic mass is 10.2. The van der Waals surface area contributed by atoms with Crippen molar-refractivity contribution < 1.29 is 14.6 Å². The summed E-state index contributed by atoms with van der Waals surface area (Å²) >= 11 is 3.65. The monoisotopic (exact) mass is 420 g/mol. The zero-order valence-corrected chi connectivity index (χ0v) is 16.3. The second kappa shape index (κ2) is 8.48. The summed E-state index contributed by atoms with van der Waals surface area (Å²) < 4.78 is 12.7. The lowest BCUT2D eigenvalue weighted by molar-refractivity contribution is 0.184. The van der Waals surface area contributed by atoms with Gasteiger partial charge in [0.15, 0.2) is 5.69 Å². The van der Waals surface area contributed by atoms with E-state index in [9.17, 15) is 5.11 Å². The van der Waals surface area contributed by atoms with Gasteiger partial charge in [0.1, 0.15) is 5.71 Å². The van der Waals surface area contributed by atoms with Gasteiger partial charge in [0.2, 0.25) is 5.88 Å². The number of nitrogens with zero attached hydrogens (tertiary/aromatic N) is 3. The largest absolute Gasteiger partial charge is 0.493 e. The average molecular weight is 421 g/mol. The first kappa shape index (κ1) is 18.6. The number of ether oxygens (including phenoxy) is 2. The summed E-state index contributed by atoms with van der Waals surface area (Å²) in [6.45, 7) is 1.93. The van der Waals surface area contributed by atoms with E-state index < -0.39 is 0 Å². The second-order valence-electron chi connectivity index (χ2n) is 5.69. The number of aromatic hydroxyl groups is 1. The van der Waals surface area contributed by atoms with E-state index in [4.69, 9.17) is 9.47 Å². The smallest absolute Gasteiger partial charge is 0.221 e. The molecule has 26 heavy (non-hydrogen) atoms. The van der Waals surface area contributed by atoms with Crippen molar-refractivity contribution in [1.29, 1.82) is 0 Å². The first-order chi connectivity index (χ1) is 12.7. The number of aliphatic imine (C=N–C) groups is 1. The van der Waals surface area contributed by atoms with Crippen molar-refractivity contribution in [3.05, 3.63) is 46.5 Å². The van der Waals surface area contributed by atoms with Gasteiger partial charge in [0.05, 0.1) is 42.8 Å². The Kier molecular flexibility index (Phi) is 6.08. The third-order valence-electron chi connectivity index (χ3n) is 4.02. The topological polar surface area (TPSA) is 84.7 Å². The number of hydrogen-bond acceptors (Lipinski definition) is 5. The van der Waals surface area contributed by atoms with E-state index in [0.717, 1.165) is 21.1 Å². The van der Waals surface area contributed by atoms with Crippen LogP contribution in [0.25, 0.3) is 10.9 Å². The maximum Gasteiger partial charge on any atom is 0.221 e. The molecule has 0 fully saturated rings. The molecule has 0 bridgehead atoms. The maximum absolute atomic E-state index is 10.6. The number of aromatic nitrogens is 3. The zero-order valence-electron chi connectivity index (χ0n) is 14.7. The molecule has 7 nitrogen and oxygen atoms in total. The maximum atomic E-state index is 10.6. The van der Waals surface area contributed by atoms with Crippen molar-refractivity contribution in [2.75, 3.05) is 34.0 Å². The minimum atomic E-state index is 0.0590. The second-order valence-corrected chi connectivity index (χ2v) is 6.48. The molecular weight excluding hydrogens is 400 g/mol. The van der Waals surface area contributed by atoms with Crippen LogP contribution < -0.4 is 0 Å². The van der Waals surface area contributed by atoms with Crippen LogP contribution in [0.1, 0.15) is 11.4 Å². The minimum absolute atomic E-state index is 0.0590. The van der Waals surface area contributed by atoms with Crippen molar-refractivity contribution in [1.82, 2.24) is 14.5 Å². The van der Waals surface area contributed by atoms with Gasteiger partial charge in [-0.3, -0.25) is 9.56 Å². The molecule has 0 aliphatic rings. The number of hydrogen-bond donors (Lipinski definition) is 2. The number of halogens is 1. The van der Waals surface area contributed by atoms with Gasteiger partial charge in [0.25, 0.3) is 0 Å². The quantitative estimate of drug-likeness (QED) is 0.433. The Morgan fingerprint density at radius 2 is 2.04 bits per heavy atom. The molecule has 3 rings (SSSR count). The predicted molar refractivity (Wildman–Crippen MR) is 104 cm³/mol. The summed E-state index contributed by atoms with van der Waals surface area (Å²) in [6.07, 6.45) is 1.59. The molecule has 0 aliphatic heterocycles. The molecule has 0 amide bonds. The normalized spacial score (nSPS) is 12.2. The fourth-order valence-electron chi connectivity index (χ4n) is 2.69. The van der Waals surface area contributed by atoms with Crippen molar-refractivity contribution >= 4 is 32.5 Å². The van der Waals surface area contributed by atoms with Gasteiger partial charge in [-0.05, 0) is 22.0 Å². The molecule has 2 aromatic heterocycles. The van der Waals surface area contributed by atoms with Crippen LogP contribution in [-0.4, -0.2) is 59.3 Å². The molecule has 0 atom stereocenters. The highest BCUT2D eigenvalue weighted by Crippen LogP contribution is 2.31.